The maximum Gasteiger partial charge on any atom is 0.268 e. The second-order valence-electron chi connectivity index (χ2n) is 5.65. The number of hydrogen-bond donors (Lipinski definition) is 1. The number of hydrogen-bond acceptors (Lipinski definition) is 4. The van der Waals surface area contributed by atoms with Crippen LogP contribution >= 0.6 is 0 Å². The summed E-state index contributed by atoms with van der Waals surface area (Å²) in [5.74, 6) is 0. The lowest BCUT2D eigenvalue weighted by Gasteiger charge is -2.17. The van der Waals surface area contributed by atoms with Crippen LogP contribution in [0.4, 0.5) is 5.69 Å². The highest BCUT2D eigenvalue weighted by Gasteiger charge is 2.13. The Morgan fingerprint density at radius 3 is 2.75 bits per heavy atom. The Kier molecular flexibility index (Phi) is 5.59. The molecule has 0 spiro atoms. The van der Waals surface area contributed by atoms with Crippen molar-refractivity contribution in [3.8, 4) is 0 Å². The second-order valence-corrected chi connectivity index (χ2v) is 5.65. The van der Waals surface area contributed by atoms with E-state index in [1.165, 1.54) is 12.8 Å². The van der Waals surface area contributed by atoms with Crippen LogP contribution in [0.25, 0.3) is 0 Å². The van der Waals surface area contributed by atoms with Gasteiger partial charge in [0.15, 0.2) is 0 Å². The molecule has 2 rings (SSSR count). The van der Waals surface area contributed by atoms with Gasteiger partial charge in [-0.15, -0.1) is 0 Å². The molecule has 0 radical (unpaired) electrons. The van der Waals surface area contributed by atoms with Gasteiger partial charge >= 0.3 is 0 Å². The molecule has 0 aliphatic carbocycles. The van der Waals surface area contributed by atoms with Crippen LogP contribution in [0, 0.1) is 0 Å². The molecule has 0 aromatic carbocycles. The summed E-state index contributed by atoms with van der Waals surface area (Å²) in [6.45, 7) is 4.99. The molecule has 0 bridgehead atoms. The predicted octanol–water partition coefficient (Wildman–Crippen LogP) is 1.62. The molecule has 1 fully saturated rings. The lowest BCUT2D eigenvalue weighted by Crippen LogP contribution is -2.26. The summed E-state index contributed by atoms with van der Waals surface area (Å²) in [4.78, 5) is 14.3. The summed E-state index contributed by atoms with van der Waals surface area (Å²) < 4.78 is 1.59. The first-order valence-corrected chi connectivity index (χ1v) is 7.70. The van der Waals surface area contributed by atoms with E-state index in [0.717, 1.165) is 44.6 Å². The zero-order valence-corrected chi connectivity index (χ0v) is 12.6. The van der Waals surface area contributed by atoms with E-state index >= 15 is 0 Å². The minimum atomic E-state index is 0.0241. The summed E-state index contributed by atoms with van der Waals surface area (Å²) in [5, 5.41) is 7.53. The summed E-state index contributed by atoms with van der Waals surface area (Å²) in [6.07, 6.45) is 7.52. The molecule has 1 unspecified atom stereocenters. The minimum Gasteiger partial charge on any atom is -0.370 e. The van der Waals surface area contributed by atoms with Crippen molar-refractivity contribution in [2.45, 2.75) is 51.6 Å². The van der Waals surface area contributed by atoms with Gasteiger partial charge in [0.1, 0.15) is 0 Å². The predicted molar refractivity (Wildman–Crippen MR) is 82.3 cm³/mol. The van der Waals surface area contributed by atoms with Crippen molar-refractivity contribution in [2.75, 3.05) is 25.0 Å². The van der Waals surface area contributed by atoms with Crippen molar-refractivity contribution in [1.29, 1.82) is 0 Å². The zero-order valence-electron chi connectivity index (χ0n) is 12.6. The molecule has 2 heterocycles. The van der Waals surface area contributed by atoms with Crippen molar-refractivity contribution >= 4 is 5.69 Å². The normalized spacial score (nSPS) is 16.6. The third kappa shape index (κ3) is 4.07. The third-order valence-corrected chi connectivity index (χ3v) is 4.08. The maximum atomic E-state index is 12.0. The number of rotatable bonds is 7. The van der Waals surface area contributed by atoms with E-state index in [-0.39, 0.29) is 5.56 Å². The molecule has 20 heavy (non-hydrogen) atoms. The molecule has 0 saturated carbocycles. The number of anilines is 1. The molecule has 1 aromatic rings. The van der Waals surface area contributed by atoms with Gasteiger partial charge in [0.2, 0.25) is 0 Å². The number of nitrogens with zero attached hydrogens (tertiary/aromatic N) is 3. The molecule has 5 heteroatoms. The van der Waals surface area contributed by atoms with Gasteiger partial charge in [0, 0.05) is 31.7 Å². The topological polar surface area (TPSA) is 50.2 Å². The summed E-state index contributed by atoms with van der Waals surface area (Å²) in [7, 11) is 1.98. The van der Waals surface area contributed by atoms with Crippen LogP contribution in [-0.2, 0) is 6.54 Å². The van der Waals surface area contributed by atoms with E-state index in [0.29, 0.717) is 6.04 Å². The smallest absolute Gasteiger partial charge is 0.268 e. The van der Waals surface area contributed by atoms with E-state index in [1.807, 2.05) is 13.2 Å². The van der Waals surface area contributed by atoms with Gasteiger partial charge in [0.25, 0.3) is 5.56 Å². The lowest BCUT2D eigenvalue weighted by molar-refractivity contribution is 0.479. The largest absolute Gasteiger partial charge is 0.370 e. The Labute approximate surface area is 121 Å². The van der Waals surface area contributed by atoms with Crippen LogP contribution in [0.5, 0.6) is 0 Å². The van der Waals surface area contributed by atoms with E-state index in [4.69, 9.17) is 0 Å². The highest BCUT2D eigenvalue weighted by molar-refractivity contribution is 5.43. The number of aromatic nitrogens is 2. The van der Waals surface area contributed by atoms with Crippen LogP contribution in [0.1, 0.15) is 39.0 Å². The molecular formula is C15H26N4O. The van der Waals surface area contributed by atoms with E-state index in [1.54, 1.807) is 10.7 Å². The summed E-state index contributed by atoms with van der Waals surface area (Å²) in [6, 6.07) is 2.27. The van der Waals surface area contributed by atoms with Gasteiger partial charge in [-0.3, -0.25) is 4.79 Å². The Bertz CT molecular complexity index is 465. The van der Waals surface area contributed by atoms with Crippen molar-refractivity contribution < 1.29 is 0 Å². The number of unbranched alkanes of at least 4 members (excludes halogenated alkanes) is 1. The Morgan fingerprint density at radius 2 is 2.10 bits per heavy atom. The molecule has 112 valence electrons. The highest BCUT2D eigenvalue weighted by atomic mass is 16.1. The highest BCUT2D eigenvalue weighted by Crippen LogP contribution is 2.16. The molecule has 0 amide bonds. The quantitative estimate of drug-likeness (QED) is 0.770. The van der Waals surface area contributed by atoms with Gasteiger partial charge in [-0.2, -0.15) is 5.10 Å². The Balaban J connectivity index is 1.85. The molecule has 1 N–H and O–H groups in total. The van der Waals surface area contributed by atoms with Crippen LogP contribution in [-0.4, -0.2) is 36.0 Å². The van der Waals surface area contributed by atoms with Crippen molar-refractivity contribution in [2.24, 2.45) is 0 Å². The van der Waals surface area contributed by atoms with Gasteiger partial charge < -0.3 is 10.2 Å². The monoisotopic (exact) mass is 278 g/mol. The van der Waals surface area contributed by atoms with Gasteiger partial charge in [-0.1, -0.05) is 6.42 Å². The first-order chi connectivity index (χ1) is 9.70. The van der Waals surface area contributed by atoms with Gasteiger partial charge in [-0.25, -0.2) is 4.68 Å². The first kappa shape index (κ1) is 15.0. The molecule has 1 aliphatic heterocycles. The fraction of sp³-hybridized carbons (Fsp3) is 0.733. The molecule has 5 nitrogen and oxygen atoms in total. The molecular weight excluding hydrogens is 252 g/mol. The average Bonchev–Trinajstić information content (AvgIpc) is 2.98. The van der Waals surface area contributed by atoms with Gasteiger partial charge in [0.05, 0.1) is 11.9 Å². The SMILES string of the molecule is CNC(C)CCCCn1ncc(N2CCCC2)cc1=O. The van der Waals surface area contributed by atoms with Crippen LogP contribution < -0.4 is 15.8 Å². The van der Waals surface area contributed by atoms with E-state index < -0.39 is 0 Å². The molecule has 1 atom stereocenters. The van der Waals surface area contributed by atoms with E-state index in [9.17, 15) is 4.79 Å². The van der Waals surface area contributed by atoms with Crippen LogP contribution in [0.2, 0.25) is 0 Å². The summed E-state index contributed by atoms with van der Waals surface area (Å²) in [5.41, 5.74) is 1.00. The number of nitrogens with one attached hydrogen (secondary N) is 1. The van der Waals surface area contributed by atoms with Gasteiger partial charge in [-0.05, 0) is 39.7 Å². The van der Waals surface area contributed by atoms with Crippen molar-refractivity contribution in [3.05, 3.63) is 22.6 Å². The maximum absolute atomic E-state index is 12.0. The Hall–Kier alpha value is -1.36. The molecule has 1 aliphatic rings. The molecule has 1 aromatic heterocycles. The standard InChI is InChI=1S/C15H26N4O/c1-13(16-2)7-3-4-10-19-15(20)11-14(12-17-19)18-8-5-6-9-18/h11-13,16H,3-10H2,1-2H3. The molecule has 1 saturated heterocycles. The number of aryl methyl sites for hydroxylation is 1. The van der Waals surface area contributed by atoms with Crippen molar-refractivity contribution in [3.63, 3.8) is 0 Å². The fourth-order valence-corrected chi connectivity index (χ4v) is 2.60. The average molecular weight is 278 g/mol. The zero-order chi connectivity index (χ0) is 14.4. The second kappa shape index (κ2) is 7.43. The van der Waals surface area contributed by atoms with Crippen LogP contribution in [0.15, 0.2) is 17.1 Å². The lowest BCUT2D eigenvalue weighted by atomic mass is 10.1. The third-order valence-electron chi connectivity index (χ3n) is 4.08. The minimum absolute atomic E-state index is 0.0241. The first-order valence-electron chi connectivity index (χ1n) is 7.70. The van der Waals surface area contributed by atoms with E-state index in [2.05, 4.69) is 22.2 Å². The fourth-order valence-electron chi connectivity index (χ4n) is 2.60. The van der Waals surface area contributed by atoms with Crippen molar-refractivity contribution in [1.82, 2.24) is 15.1 Å². The Morgan fingerprint density at radius 1 is 1.35 bits per heavy atom. The summed E-state index contributed by atoms with van der Waals surface area (Å²) >= 11 is 0. The van der Waals surface area contributed by atoms with Crippen LogP contribution in [0.3, 0.4) is 0 Å².